The molecule has 0 heterocycles. The van der Waals surface area contributed by atoms with E-state index in [2.05, 4.69) is 25.2 Å². The Labute approximate surface area is 207 Å². The number of rotatable bonds is 10. The number of carbonyl (C=O) groups is 2. The first-order valence-corrected chi connectivity index (χ1v) is 12.1. The molecule has 0 radical (unpaired) electrons. The van der Waals surface area contributed by atoms with Gasteiger partial charge in [0.1, 0.15) is 6.04 Å². The van der Waals surface area contributed by atoms with Gasteiger partial charge < -0.3 is 10.2 Å². The van der Waals surface area contributed by atoms with Crippen molar-refractivity contribution in [3.8, 4) is 0 Å². The number of nitrogens with one attached hydrogen (secondary N) is 1. The normalized spacial score (nSPS) is 11.8. The molecule has 0 aliphatic carbocycles. The van der Waals surface area contributed by atoms with Gasteiger partial charge in [0, 0.05) is 24.5 Å². The second-order valence-corrected chi connectivity index (χ2v) is 9.59. The zero-order chi connectivity index (χ0) is 24.5. The Hall–Kier alpha value is -3.11. The quantitative estimate of drug-likeness (QED) is 0.414. The van der Waals surface area contributed by atoms with Crippen molar-refractivity contribution in [2.75, 3.05) is 6.54 Å². The molecule has 3 aromatic carbocycles. The molecule has 178 valence electrons. The Kier molecular flexibility index (Phi) is 9.29. The van der Waals surface area contributed by atoms with Gasteiger partial charge in [-0.2, -0.15) is 0 Å². The van der Waals surface area contributed by atoms with E-state index in [1.807, 2.05) is 67.6 Å². The third-order valence-corrected chi connectivity index (χ3v) is 5.91. The van der Waals surface area contributed by atoms with Crippen molar-refractivity contribution in [3.63, 3.8) is 0 Å². The maximum absolute atomic E-state index is 13.7. The number of halogens is 1. The lowest BCUT2D eigenvalue weighted by Gasteiger charge is -2.32. The molecule has 0 fully saturated rings. The molecule has 0 spiro atoms. The summed E-state index contributed by atoms with van der Waals surface area (Å²) in [7, 11) is 0. The largest absolute Gasteiger partial charge is 0.354 e. The highest BCUT2D eigenvalue weighted by Crippen LogP contribution is 2.18. The molecular weight excluding hydrogens is 444 g/mol. The molecule has 0 saturated heterocycles. The van der Waals surface area contributed by atoms with Crippen LogP contribution in [0.5, 0.6) is 0 Å². The minimum Gasteiger partial charge on any atom is -0.354 e. The van der Waals surface area contributed by atoms with Crippen molar-refractivity contribution in [1.29, 1.82) is 0 Å². The number of hydrogen-bond donors (Lipinski definition) is 1. The van der Waals surface area contributed by atoms with E-state index in [0.29, 0.717) is 30.5 Å². The molecule has 0 saturated carbocycles. The lowest BCUT2D eigenvalue weighted by molar-refractivity contribution is -0.140. The summed E-state index contributed by atoms with van der Waals surface area (Å²) < 4.78 is 0. The van der Waals surface area contributed by atoms with Crippen molar-refractivity contribution >= 4 is 23.4 Å². The second-order valence-electron chi connectivity index (χ2n) is 9.16. The van der Waals surface area contributed by atoms with Crippen LogP contribution in [0.1, 0.15) is 36.1 Å². The predicted octanol–water partition coefficient (Wildman–Crippen LogP) is 5.60. The van der Waals surface area contributed by atoms with Gasteiger partial charge in [-0.25, -0.2) is 0 Å². The molecule has 1 unspecified atom stereocenters. The predicted molar refractivity (Wildman–Crippen MR) is 139 cm³/mol. The van der Waals surface area contributed by atoms with Crippen molar-refractivity contribution in [3.05, 3.63) is 106 Å². The summed E-state index contributed by atoms with van der Waals surface area (Å²) in [6, 6.07) is 24.6. The molecule has 0 aliphatic heterocycles. The molecule has 1 N–H and O–H groups in total. The van der Waals surface area contributed by atoms with Crippen molar-refractivity contribution in [1.82, 2.24) is 10.2 Å². The number of hydrogen-bond acceptors (Lipinski definition) is 2. The molecule has 0 bridgehead atoms. The Morgan fingerprint density at radius 2 is 1.56 bits per heavy atom. The molecule has 34 heavy (non-hydrogen) atoms. The first kappa shape index (κ1) is 25.5. The van der Waals surface area contributed by atoms with Crippen LogP contribution in [-0.2, 0) is 29.0 Å². The Balaban J connectivity index is 1.94. The Morgan fingerprint density at radius 1 is 0.882 bits per heavy atom. The smallest absolute Gasteiger partial charge is 0.243 e. The SMILES string of the molecule is Cc1cccc(CN(C(=O)Cc2ccc(Cl)cc2)C(Cc2ccccc2)C(=O)NCC(C)C)c1. The van der Waals surface area contributed by atoms with E-state index in [9.17, 15) is 9.59 Å². The van der Waals surface area contributed by atoms with Gasteiger partial charge >= 0.3 is 0 Å². The molecule has 1 atom stereocenters. The van der Waals surface area contributed by atoms with Crippen LogP contribution in [-0.4, -0.2) is 29.3 Å². The van der Waals surface area contributed by atoms with E-state index in [1.54, 1.807) is 17.0 Å². The maximum Gasteiger partial charge on any atom is 0.243 e. The van der Waals surface area contributed by atoms with Crippen LogP contribution >= 0.6 is 11.6 Å². The van der Waals surface area contributed by atoms with E-state index in [-0.39, 0.29) is 18.2 Å². The van der Waals surface area contributed by atoms with Gasteiger partial charge in [0.2, 0.25) is 11.8 Å². The lowest BCUT2D eigenvalue weighted by atomic mass is 10.0. The van der Waals surface area contributed by atoms with Crippen LogP contribution in [0.15, 0.2) is 78.9 Å². The first-order valence-electron chi connectivity index (χ1n) is 11.7. The number of carbonyl (C=O) groups excluding carboxylic acids is 2. The summed E-state index contributed by atoms with van der Waals surface area (Å²) in [6.07, 6.45) is 0.647. The fraction of sp³-hybridized carbons (Fsp3) is 0.310. The summed E-state index contributed by atoms with van der Waals surface area (Å²) in [4.78, 5) is 28.8. The molecule has 0 aliphatic rings. The Morgan fingerprint density at radius 3 is 2.21 bits per heavy atom. The molecule has 2 amide bonds. The summed E-state index contributed by atoms with van der Waals surface area (Å²) in [5.74, 6) is 0.0930. The standard InChI is InChI=1S/C29H33ClN2O2/c1-21(2)19-31-29(34)27(17-23-9-5-4-6-10-23)32(20-25-11-7-8-22(3)16-25)28(33)18-24-12-14-26(30)15-13-24/h4-16,21,27H,17-20H2,1-3H3,(H,31,34). The highest BCUT2D eigenvalue weighted by Gasteiger charge is 2.30. The van der Waals surface area contributed by atoms with Crippen LogP contribution in [0.3, 0.4) is 0 Å². The van der Waals surface area contributed by atoms with Crippen LogP contribution in [0.25, 0.3) is 0 Å². The van der Waals surface area contributed by atoms with Crippen LogP contribution in [0.2, 0.25) is 5.02 Å². The second kappa shape index (κ2) is 12.4. The fourth-order valence-corrected chi connectivity index (χ4v) is 3.99. The van der Waals surface area contributed by atoms with Gasteiger partial charge in [-0.15, -0.1) is 0 Å². The minimum atomic E-state index is -0.624. The topological polar surface area (TPSA) is 49.4 Å². The molecular formula is C29H33ClN2O2. The number of benzene rings is 3. The Bertz CT molecular complexity index is 1080. The van der Waals surface area contributed by atoms with Crippen LogP contribution in [0.4, 0.5) is 0 Å². The van der Waals surface area contributed by atoms with Crippen molar-refractivity contribution in [2.45, 2.75) is 46.2 Å². The van der Waals surface area contributed by atoms with Gasteiger partial charge in [0.05, 0.1) is 6.42 Å². The number of aryl methyl sites for hydroxylation is 1. The van der Waals surface area contributed by atoms with Gasteiger partial charge in [0.15, 0.2) is 0 Å². The van der Waals surface area contributed by atoms with E-state index in [0.717, 1.165) is 22.3 Å². The average Bonchev–Trinajstić information content (AvgIpc) is 2.82. The summed E-state index contributed by atoms with van der Waals surface area (Å²) >= 11 is 6.03. The molecule has 4 nitrogen and oxygen atoms in total. The molecule has 3 aromatic rings. The third kappa shape index (κ3) is 7.74. The van der Waals surface area contributed by atoms with E-state index < -0.39 is 6.04 Å². The zero-order valence-corrected chi connectivity index (χ0v) is 20.9. The average molecular weight is 477 g/mol. The number of amides is 2. The van der Waals surface area contributed by atoms with Gasteiger partial charge in [0.25, 0.3) is 0 Å². The van der Waals surface area contributed by atoms with E-state index in [1.165, 1.54) is 0 Å². The fourth-order valence-electron chi connectivity index (χ4n) is 3.86. The lowest BCUT2D eigenvalue weighted by Crippen LogP contribution is -2.51. The van der Waals surface area contributed by atoms with Crippen molar-refractivity contribution in [2.24, 2.45) is 5.92 Å². The molecule has 3 rings (SSSR count). The van der Waals surface area contributed by atoms with E-state index >= 15 is 0 Å². The van der Waals surface area contributed by atoms with Gasteiger partial charge in [-0.3, -0.25) is 9.59 Å². The summed E-state index contributed by atoms with van der Waals surface area (Å²) in [6.45, 7) is 7.07. The van der Waals surface area contributed by atoms with Crippen LogP contribution < -0.4 is 5.32 Å². The first-order chi connectivity index (χ1) is 16.3. The summed E-state index contributed by atoms with van der Waals surface area (Å²) in [5, 5.41) is 3.68. The molecule has 0 aromatic heterocycles. The van der Waals surface area contributed by atoms with Gasteiger partial charge in [-0.1, -0.05) is 97.7 Å². The zero-order valence-electron chi connectivity index (χ0n) is 20.1. The van der Waals surface area contributed by atoms with Gasteiger partial charge in [-0.05, 0) is 41.7 Å². The monoisotopic (exact) mass is 476 g/mol. The number of nitrogens with zero attached hydrogens (tertiary/aromatic N) is 1. The van der Waals surface area contributed by atoms with Crippen LogP contribution in [0, 0.1) is 12.8 Å². The minimum absolute atomic E-state index is 0.0931. The summed E-state index contributed by atoms with van der Waals surface area (Å²) in [5.41, 5.74) is 4.00. The maximum atomic E-state index is 13.7. The third-order valence-electron chi connectivity index (χ3n) is 5.66. The molecule has 5 heteroatoms. The highest BCUT2D eigenvalue weighted by molar-refractivity contribution is 6.30. The van der Waals surface area contributed by atoms with Crippen molar-refractivity contribution < 1.29 is 9.59 Å². The highest BCUT2D eigenvalue weighted by atomic mass is 35.5. The van der Waals surface area contributed by atoms with E-state index in [4.69, 9.17) is 11.6 Å².